The number of carbonyl (C=O) groups is 1. The highest BCUT2D eigenvalue weighted by Crippen LogP contribution is 2.42. The molecule has 3 rings (SSSR count). The molecule has 1 aliphatic heterocycles. The summed E-state index contributed by atoms with van der Waals surface area (Å²) in [5.41, 5.74) is 6.31. The minimum atomic E-state index is -0.874. The molecule has 0 unspecified atom stereocenters. The van der Waals surface area contributed by atoms with Crippen molar-refractivity contribution in [2.24, 2.45) is 4.99 Å². The topological polar surface area (TPSA) is 67.5 Å². The van der Waals surface area contributed by atoms with E-state index in [9.17, 15) is 9.18 Å². The summed E-state index contributed by atoms with van der Waals surface area (Å²) in [6, 6.07) is 13.3. The molecule has 1 atom stereocenters. The molecule has 2 aromatic rings. The SMILES string of the molecule is C=C1C[C@@](C)(c2cc(N)ccc2F)N=C(NC(=O)c2ccccc2)S1. The molecule has 25 heavy (non-hydrogen) atoms. The lowest BCUT2D eigenvalue weighted by Crippen LogP contribution is -2.35. The molecule has 0 aliphatic carbocycles. The third-order valence-electron chi connectivity index (χ3n) is 3.96. The number of aliphatic imine (C=N–C) groups is 1. The van der Waals surface area contributed by atoms with Gasteiger partial charge in [0.1, 0.15) is 5.82 Å². The van der Waals surface area contributed by atoms with Gasteiger partial charge in [-0.3, -0.25) is 9.79 Å². The Kier molecular flexibility index (Phi) is 4.63. The Morgan fingerprint density at radius 1 is 1.32 bits per heavy atom. The average Bonchev–Trinajstić information content (AvgIpc) is 2.57. The van der Waals surface area contributed by atoms with Crippen LogP contribution in [0.3, 0.4) is 0 Å². The summed E-state index contributed by atoms with van der Waals surface area (Å²) in [7, 11) is 0. The Labute approximate surface area is 150 Å². The van der Waals surface area contributed by atoms with Crippen LogP contribution in [0, 0.1) is 5.82 Å². The molecule has 0 fully saturated rings. The van der Waals surface area contributed by atoms with E-state index < -0.39 is 5.54 Å². The molecule has 6 heteroatoms. The second-order valence-corrected chi connectivity index (χ2v) is 7.24. The van der Waals surface area contributed by atoms with E-state index in [0.29, 0.717) is 28.4 Å². The van der Waals surface area contributed by atoms with E-state index in [1.165, 1.54) is 23.9 Å². The highest BCUT2D eigenvalue weighted by molar-refractivity contribution is 8.17. The van der Waals surface area contributed by atoms with Crippen molar-refractivity contribution in [2.45, 2.75) is 18.9 Å². The number of nitrogens with two attached hydrogens (primary N) is 1. The molecule has 0 saturated heterocycles. The predicted molar refractivity (Wildman–Crippen MR) is 101 cm³/mol. The van der Waals surface area contributed by atoms with Crippen molar-refractivity contribution in [3.63, 3.8) is 0 Å². The molecule has 3 N–H and O–H groups in total. The minimum absolute atomic E-state index is 0.267. The van der Waals surface area contributed by atoms with E-state index in [1.54, 1.807) is 30.3 Å². The second-order valence-electron chi connectivity index (χ2n) is 6.07. The van der Waals surface area contributed by atoms with E-state index in [1.807, 2.05) is 13.0 Å². The van der Waals surface area contributed by atoms with Gasteiger partial charge in [-0.15, -0.1) is 0 Å². The smallest absolute Gasteiger partial charge is 0.257 e. The van der Waals surface area contributed by atoms with Crippen LogP contribution < -0.4 is 11.1 Å². The molecule has 128 valence electrons. The second kappa shape index (κ2) is 6.72. The number of hydrogen-bond donors (Lipinski definition) is 2. The lowest BCUT2D eigenvalue weighted by atomic mass is 9.88. The zero-order valence-electron chi connectivity index (χ0n) is 13.8. The van der Waals surface area contributed by atoms with Crippen LogP contribution >= 0.6 is 11.8 Å². The highest BCUT2D eigenvalue weighted by Gasteiger charge is 2.35. The number of amides is 1. The molecule has 2 aromatic carbocycles. The number of nitrogen functional groups attached to an aromatic ring is 1. The van der Waals surface area contributed by atoms with E-state index in [2.05, 4.69) is 16.9 Å². The van der Waals surface area contributed by atoms with Gasteiger partial charge in [-0.2, -0.15) is 0 Å². The maximum absolute atomic E-state index is 14.3. The van der Waals surface area contributed by atoms with Crippen molar-refractivity contribution in [1.82, 2.24) is 5.32 Å². The van der Waals surface area contributed by atoms with Crippen LogP contribution in [-0.4, -0.2) is 11.1 Å². The zero-order chi connectivity index (χ0) is 18.0. The van der Waals surface area contributed by atoms with Crippen molar-refractivity contribution in [1.29, 1.82) is 0 Å². The molecule has 0 spiro atoms. The average molecular weight is 355 g/mol. The van der Waals surface area contributed by atoms with Crippen LogP contribution in [0.15, 0.2) is 65.0 Å². The summed E-state index contributed by atoms with van der Waals surface area (Å²) in [6.07, 6.45) is 0.461. The standard InChI is InChI=1S/C19H18FN3OS/c1-12-11-19(2,15-10-14(21)8-9-16(15)20)23-18(25-12)22-17(24)13-6-4-3-5-7-13/h3-10H,1,11,21H2,2H3,(H,22,23,24)/t19-/m0/s1. The van der Waals surface area contributed by atoms with E-state index in [4.69, 9.17) is 5.73 Å². The number of nitrogens with one attached hydrogen (secondary N) is 1. The van der Waals surface area contributed by atoms with Crippen LogP contribution in [0.25, 0.3) is 0 Å². The minimum Gasteiger partial charge on any atom is -0.399 e. The summed E-state index contributed by atoms with van der Waals surface area (Å²) in [5.74, 6) is -0.647. The van der Waals surface area contributed by atoms with Gasteiger partial charge in [0, 0.05) is 23.2 Å². The fourth-order valence-corrected chi connectivity index (χ4v) is 3.78. The van der Waals surface area contributed by atoms with Gasteiger partial charge in [-0.05, 0) is 42.2 Å². The number of carbonyl (C=O) groups excluding carboxylic acids is 1. The number of hydrogen-bond acceptors (Lipinski definition) is 4. The highest BCUT2D eigenvalue weighted by atomic mass is 32.2. The molecule has 0 bridgehead atoms. The van der Waals surface area contributed by atoms with Gasteiger partial charge < -0.3 is 11.1 Å². The van der Waals surface area contributed by atoms with Gasteiger partial charge in [-0.1, -0.05) is 36.5 Å². The fraction of sp³-hybridized carbons (Fsp3) is 0.158. The van der Waals surface area contributed by atoms with Gasteiger partial charge in [0.15, 0.2) is 5.17 Å². The van der Waals surface area contributed by atoms with Crippen LogP contribution in [0.2, 0.25) is 0 Å². The Morgan fingerprint density at radius 3 is 2.76 bits per heavy atom. The van der Waals surface area contributed by atoms with Crippen LogP contribution in [0.5, 0.6) is 0 Å². The molecular formula is C19H18FN3OS. The Morgan fingerprint density at radius 2 is 2.04 bits per heavy atom. The summed E-state index contributed by atoms with van der Waals surface area (Å²) >= 11 is 1.29. The number of rotatable bonds is 2. The quantitative estimate of drug-likeness (QED) is 0.798. The van der Waals surface area contributed by atoms with Gasteiger partial charge in [0.2, 0.25) is 0 Å². The molecule has 1 heterocycles. The third kappa shape index (κ3) is 3.74. The van der Waals surface area contributed by atoms with Crippen molar-refractivity contribution in [3.8, 4) is 0 Å². The summed E-state index contributed by atoms with van der Waals surface area (Å²) < 4.78 is 14.3. The lowest BCUT2D eigenvalue weighted by Gasteiger charge is -2.32. The van der Waals surface area contributed by atoms with Crippen molar-refractivity contribution in [2.75, 3.05) is 5.73 Å². The monoisotopic (exact) mass is 355 g/mol. The normalized spacial score (nSPS) is 20.1. The van der Waals surface area contributed by atoms with Gasteiger partial charge in [-0.25, -0.2) is 4.39 Å². The first-order chi connectivity index (χ1) is 11.9. The van der Waals surface area contributed by atoms with Crippen LogP contribution in [0.4, 0.5) is 10.1 Å². The lowest BCUT2D eigenvalue weighted by molar-refractivity contribution is 0.0977. The first-order valence-electron chi connectivity index (χ1n) is 7.75. The maximum atomic E-state index is 14.3. The first kappa shape index (κ1) is 17.2. The van der Waals surface area contributed by atoms with Gasteiger partial charge in [0.05, 0.1) is 5.54 Å². The number of amidine groups is 1. The number of thioether (sulfide) groups is 1. The molecular weight excluding hydrogens is 337 g/mol. The first-order valence-corrected chi connectivity index (χ1v) is 8.56. The largest absolute Gasteiger partial charge is 0.399 e. The van der Waals surface area contributed by atoms with E-state index in [0.717, 1.165) is 4.91 Å². The molecule has 1 aliphatic rings. The summed E-state index contributed by atoms with van der Waals surface area (Å²) in [5, 5.41) is 3.18. The Balaban J connectivity index is 1.93. The van der Waals surface area contributed by atoms with Crippen LogP contribution in [0.1, 0.15) is 29.3 Å². The molecule has 0 saturated carbocycles. The molecule has 0 radical (unpaired) electrons. The van der Waals surface area contributed by atoms with Crippen LogP contribution in [-0.2, 0) is 5.54 Å². The van der Waals surface area contributed by atoms with E-state index in [-0.39, 0.29) is 11.7 Å². The van der Waals surface area contributed by atoms with Gasteiger partial charge >= 0.3 is 0 Å². The van der Waals surface area contributed by atoms with Crippen molar-refractivity contribution >= 4 is 28.5 Å². The molecule has 0 aromatic heterocycles. The number of benzene rings is 2. The third-order valence-corrected chi connectivity index (χ3v) is 4.78. The van der Waals surface area contributed by atoms with Crippen molar-refractivity contribution in [3.05, 3.63) is 77.0 Å². The number of halogens is 1. The van der Waals surface area contributed by atoms with Crippen molar-refractivity contribution < 1.29 is 9.18 Å². The van der Waals surface area contributed by atoms with Gasteiger partial charge in [0.25, 0.3) is 5.91 Å². The number of nitrogens with zero attached hydrogens (tertiary/aromatic N) is 1. The molecule has 4 nitrogen and oxygen atoms in total. The predicted octanol–water partition coefficient (Wildman–Crippen LogP) is 4.06. The summed E-state index contributed by atoms with van der Waals surface area (Å²) in [4.78, 5) is 17.7. The summed E-state index contributed by atoms with van der Waals surface area (Å²) in [6.45, 7) is 5.80. The molecule has 1 amide bonds. The Bertz CT molecular complexity index is 866. The zero-order valence-corrected chi connectivity index (χ0v) is 14.6. The maximum Gasteiger partial charge on any atom is 0.257 e. The fourth-order valence-electron chi connectivity index (χ4n) is 2.77. The van der Waals surface area contributed by atoms with E-state index >= 15 is 0 Å². The Hall–Kier alpha value is -2.60. The number of anilines is 1.